The summed E-state index contributed by atoms with van der Waals surface area (Å²) in [4.78, 5) is 13.9. The molecule has 0 aromatic carbocycles. The summed E-state index contributed by atoms with van der Waals surface area (Å²) in [5.41, 5.74) is 0. The Bertz CT molecular complexity index is 479. The molecule has 0 unspecified atom stereocenters. The summed E-state index contributed by atoms with van der Waals surface area (Å²) < 4.78 is 33.2. The van der Waals surface area contributed by atoms with Crippen LogP contribution in [-0.2, 0) is 19.7 Å². The van der Waals surface area contributed by atoms with Gasteiger partial charge in [0.2, 0.25) is 5.91 Å². The van der Waals surface area contributed by atoms with Gasteiger partial charge in [-0.25, -0.2) is 0 Å². The molecule has 3 aliphatic rings. The van der Waals surface area contributed by atoms with Crippen LogP contribution in [0.25, 0.3) is 0 Å². The van der Waals surface area contributed by atoms with Crippen molar-refractivity contribution in [2.75, 3.05) is 65.6 Å². The van der Waals surface area contributed by atoms with E-state index in [1.807, 2.05) is 0 Å². The second-order valence-corrected chi connectivity index (χ2v) is 7.53. The molecule has 9 heteroatoms. The largest absolute Gasteiger partial charge is 0.379 e. The Balaban J connectivity index is 1.55. The molecule has 1 N–H and O–H groups in total. The molecule has 0 saturated carbocycles. The number of carbonyl (C=O) groups is 1. The van der Waals surface area contributed by atoms with E-state index in [2.05, 4.69) is 5.32 Å². The van der Waals surface area contributed by atoms with E-state index in [9.17, 15) is 13.2 Å². The van der Waals surface area contributed by atoms with Gasteiger partial charge in [0, 0.05) is 52.4 Å². The minimum atomic E-state index is -3.41. The van der Waals surface area contributed by atoms with Gasteiger partial charge in [0.1, 0.15) is 0 Å². The van der Waals surface area contributed by atoms with Crippen LogP contribution in [0.5, 0.6) is 0 Å². The number of hydrogen-bond donors (Lipinski definition) is 1. The maximum Gasteiger partial charge on any atom is 0.282 e. The van der Waals surface area contributed by atoms with E-state index < -0.39 is 10.2 Å². The number of nitrogens with zero attached hydrogens (tertiary/aromatic N) is 3. The summed E-state index contributed by atoms with van der Waals surface area (Å²) in [5, 5.41) is 3.08. The SMILES string of the molecule is O=C(C1CNC1)N1CCN(S(=O)(=O)N2CCOCC2)CC1. The van der Waals surface area contributed by atoms with E-state index in [-0.39, 0.29) is 11.8 Å². The van der Waals surface area contributed by atoms with Gasteiger partial charge in [-0.1, -0.05) is 0 Å². The van der Waals surface area contributed by atoms with Crippen molar-refractivity contribution in [1.82, 2.24) is 18.8 Å². The van der Waals surface area contributed by atoms with Gasteiger partial charge in [-0.3, -0.25) is 4.79 Å². The standard InChI is InChI=1S/C12H22N4O4S/c17-12(11-9-13-10-11)14-1-3-15(4-2-14)21(18,19)16-5-7-20-8-6-16/h11,13H,1-10H2. The first-order valence-electron chi connectivity index (χ1n) is 7.41. The number of carbonyl (C=O) groups excluding carboxylic acids is 1. The average molecular weight is 318 g/mol. The van der Waals surface area contributed by atoms with Gasteiger partial charge in [-0.2, -0.15) is 17.0 Å². The third kappa shape index (κ3) is 3.07. The molecule has 21 heavy (non-hydrogen) atoms. The highest BCUT2D eigenvalue weighted by atomic mass is 32.2. The molecule has 0 atom stereocenters. The molecule has 0 aromatic heterocycles. The number of nitrogens with one attached hydrogen (secondary N) is 1. The lowest BCUT2D eigenvalue weighted by atomic mass is 10.0. The van der Waals surface area contributed by atoms with Crippen LogP contribution in [-0.4, -0.2) is 93.4 Å². The van der Waals surface area contributed by atoms with Gasteiger partial charge in [0.05, 0.1) is 19.1 Å². The third-order valence-corrected chi connectivity index (χ3v) is 6.34. The number of amides is 1. The van der Waals surface area contributed by atoms with Crippen LogP contribution >= 0.6 is 0 Å². The first kappa shape index (κ1) is 15.2. The van der Waals surface area contributed by atoms with Gasteiger partial charge >= 0.3 is 0 Å². The summed E-state index contributed by atoms with van der Waals surface area (Å²) in [5.74, 6) is 0.226. The monoisotopic (exact) mass is 318 g/mol. The zero-order chi connectivity index (χ0) is 14.9. The predicted molar refractivity (Wildman–Crippen MR) is 75.8 cm³/mol. The Kier molecular flexibility index (Phi) is 4.46. The molecule has 3 rings (SSSR count). The van der Waals surface area contributed by atoms with E-state index in [1.165, 1.54) is 8.61 Å². The summed E-state index contributed by atoms with van der Waals surface area (Å²) in [6.45, 7) is 4.94. The van der Waals surface area contributed by atoms with Crippen molar-refractivity contribution < 1.29 is 17.9 Å². The Morgan fingerprint density at radius 1 is 0.952 bits per heavy atom. The first-order chi connectivity index (χ1) is 10.1. The minimum absolute atomic E-state index is 0.0763. The number of piperazine rings is 1. The fourth-order valence-corrected chi connectivity index (χ4v) is 4.36. The van der Waals surface area contributed by atoms with Crippen molar-refractivity contribution in [3.05, 3.63) is 0 Å². The highest BCUT2D eigenvalue weighted by Crippen LogP contribution is 2.16. The predicted octanol–water partition coefficient (Wildman–Crippen LogP) is -2.07. The van der Waals surface area contributed by atoms with E-state index in [4.69, 9.17) is 4.74 Å². The molecule has 0 aliphatic carbocycles. The molecule has 0 radical (unpaired) electrons. The van der Waals surface area contributed by atoms with Gasteiger partial charge in [-0.05, 0) is 0 Å². The Labute approximate surface area is 125 Å². The van der Waals surface area contributed by atoms with Crippen LogP contribution < -0.4 is 5.32 Å². The normalized spacial score (nSPS) is 26.6. The molecule has 120 valence electrons. The lowest BCUT2D eigenvalue weighted by Crippen LogP contribution is -2.59. The minimum Gasteiger partial charge on any atom is -0.379 e. The fraction of sp³-hybridized carbons (Fsp3) is 0.917. The van der Waals surface area contributed by atoms with Crippen LogP contribution in [0, 0.1) is 5.92 Å². The zero-order valence-electron chi connectivity index (χ0n) is 12.0. The summed E-state index contributed by atoms with van der Waals surface area (Å²) in [7, 11) is -3.41. The molecule has 0 bridgehead atoms. The van der Waals surface area contributed by atoms with Crippen molar-refractivity contribution in [3.63, 3.8) is 0 Å². The zero-order valence-corrected chi connectivity index (χ0v) is 12.8. The van der Waals surface area contributed by atoms with Crippen molar-refractivity contribution in [2.24, 2.45) is 5.92 Å². The third-order valence-electron chi connectivity index (χ3n) is 4.30. The quantitative estimate of drug-likeness (QED) is 0.646. The van der Waals surface area contributed by atoms with Crippen molar-refractivity contribution in [1.29, 1.82) is 0 Å². The van der Waals surface area contributed by atoms with Crippen LogP contribution in [0.3, 0.4) is 0 Å². The van der Waals surface area contributed by atoms with Crippen molar-refractivity contribution in [3.8, 4) is 0 Å². The molecule has 0 spiro atoms. The molecular weight excluding hydrogens is 296 g/mol. The van der Waals surface area contributed by atoms with Crippen molar-refractivity contribution >= 4 is 16.1 Å². The second kappa shape index (κ2) is 6.17. The lowest BCUT2D eigenvalue weighted by Gasteiger charge is -2.39. The molecule has 3 aliphatic heterocycles. The van der Waals surface area contributed by atoms with E-state index in [0.29, 0.717) is 52.5 Å². The maximum absolute atomic E-state index is 12.5. The van der Waals surface area contributed by atoms with Crippen LogP contribution in [0.4, 0.5) is 0 Å². The van der Waals surface area contributed by atoms with Crippen molar-refractivity contribution in [2.45, 2.75) is 0 Å². The van der Waals surface area contributed by atoms with Gasteiger partial charge in [0.25, 0.3) is 10.2 Å². The van der Waals surface area contributed by atoms with E-state index in [1.54, 1.807) is 4.90 Å². The summed E-state index contributed by atoms with van der Waals surface area (Å²) in [6, 6.07) is 0. The number of morpholine rings is 1. The summed E-state index contributed by atoms with van der Waals surface area (Å²) >= 11 is 0. The topological polar surface area (TPSA) is 82.2 Å². The Hall–Kier alpha value is -0.740. The molecular formula is C12H22N4O4S. The smallest absolute Gasteiger partial charge is 0.282 e. The molecule has 1 amide bonds. The number of rotatable bonds is 3. The van der Waals surface area contributed by atoms with Crippen LogP contribution in [0.2, 0.25) is 0 Å². The van der Waals surface area contributed by atoms with Gasteiger partial charge in [0.15, 0.2) is 0 Å². The molecule has 0 aromatic rings. The first-order valence-corrected chi connectivity index (χ1v) is 8.81. The molecule has 8 nitrogen and oxygen atoms in total. The van der Waals surface area contributed by atoms with Gasteiger partial charge < -0.3 is 15.0 Å². The highest BCUT2D eigenvalue weighted by Gasteiger charge is 2.36. The van der Waals surface area contributed by atoms with E-state index >= 15 is 0 Å². The Morgan fingerprint density at radius 3 is 2.05 bits per heavy atom. The molecule has 3 saturated heterocycles. The van der Waals surface area contributed by atoms with Gasteiger partial charge in [-0.15, -0.1) is 0 Å². The summed E-state index contributed by atoms with van der Waals surface area (Å²) in [6.07, 6.45) is 0. The molecule has 3 fully saturated rings. The van der Waals surface area contributed by atoms with Crippen LogP contribution in [0.15, 0.2) is 0 Å². The maximum atomic E-state index is 12.5. The average Bonchev–Trinajstić information content (AvgIpc) is 2.46. The Morgan fingerprint density at radius 2 is 1.52 bits per heavy atom. The lowest BCUT2D eigenvalue weighted by molar-refractivity contribution is -0.138. The number of hydrogen-bond acceptors (Lipinski definition) is 5. The fourth-order valence-electron chi connectivity index (χ4n) is 2.80. The van der Waals surface area contributed by atoms with Crippen LogP contribution in [0.1, 0.15) is 0 Å². The second-order valence-electron chi connectivity index (χ2n) is 5.60. The number of ether oxygens (including phenoxy) is 1. The van der Waals surface area contributed by atoms with E-state index in [0.717, 1.165) is 13.1 Å². The molecule has 3 heterocycles. The highest BCUT2D eigenvalue weighted by molar-refractivity contribution is 7.86.